The molecule has 0 aliphatic heterocycles. The summed E-state index contributed by atoms with van der Waals surface area (Å²) in [6.07, 6.45) is 0. The molecular weight excluding hydrogens is 311 g/mol. The molecule has 0 amide bonds. The molecule has 0 radical (unpaired) electrons. The number of methoxy groups -OCH3 is 1. The Hall–Kier alpha value is -0.660. The van der Waals surface area contributed by atoms with E-state index in [1.165, 1.54) is 7.11 Å². The molecule has 0 atom stereocenters. The standard InChI is InChI=1S/C10H11IO4/c1-15-10(14)6-2-7(4-12)9(11)8(3-6)5-13/h2-3,12-13H,4-5H2,1H3. The first-order valence-electron chi connectivity index (χ1n) is 4.25. The van der Waals surface area contributed by atoms with Crippen molar-refractivity contribution in [2.24, 2.45) is 0 Å². The summed E-state index contributed by atoms with van der Waals surface area (Å²) in [6.45, 7) is -0.341. The second-order valence-electron chi connectivity index (χ2n) is 2.92. The molecule has 15 heavy (non-hydrogen) atoms. The average molecular weight is 322 g/mol. The van der Waals surface area contributed by atoms with Crippen molar-refractivity contribution in [1.82, 2.24) is 0 Å². The van der Waals surface area contributed by atoms with Crippen LogP contribution in [0.1, 0.15) is 21.5 Å². The number of aliphatic hydroxyl groups excluding tert-OH is 2. The zero-order chi connectivity index (χ0) is 11.4. The van der Waals surface area contributed by atoms with E-state index < -0.39 is 5.97 Å². The third kappa shape index (κ3) is 2.67. The third-order valence-corrected chi connectivity index (χ3v) is 3.37. The van der Waals surface area contributed by atoms with Gasteiger partial charge < -0.3 is 14.9 Å². The van der Waals surface area contributed by atoms with Crippen molar-refractivity contribution >= 4 is 28.6 Å². The molecule has 2 N–H and O–H groups in total. The number of hydrogen-bond donors (Lipinski definition) is 2. The molecule has 5 heteroatoms. The Kier molecular flexibility index (Phi) is 4.49. The van der Waals surface area contributed by atoms with Crippen LogP contribution in [0.25, 0.3) is 0 Å². The molecule has 0 saturated heterocycles. The van der Waals surface area contributed by atoms with Crippen molar-refractivity contribution < 1.29 is 19.7 Å². The lowest BCUT2D eigenvalue weighted by Crippen LogP contribution is -2.06. The Morgan fingerprint density at radius 2 is 1.80 bits per heavy atom. The molecule has 0 aliphatic rings. The molecule has 0 bridgehead atoms. The molecule has 0 aromatic heterocycles. The Morgan fingerprint density at radius 3 is 2.13 bits per heavy atom. The van der Waals surface area contributed by atoms with Crippen molar-refractivity contribution in [2.45, 2.75) is 13.2 Å². The Bertz CT molecular complexity index is 351. The largest absolute Gasteiger partial charge is 0.465 e. The van der Waals surface area contributed by atoms with Crippen LogP contribution in [0.4, 0.5) is 0 Å². The van der Waals surface area contributed by atoms with Gasteiger partial charge in [0.05, 0.1) is 25.9 Å². The number of ether oxygens (including phenoxy) is 1. The molecule has 1 aromatic rings. The monoisotopic (exact) mass is 322 g/mol. The van der Waals surface area contributed by atoms with Crippen LogP contribution >= 0.6 is 22.6 Å². The van der Waals surface area contributed by atoms with Gasteiger partial charge in [-0.1, -0.05) is 0 Å². The second kappa shape index (κ2) is 5.43. The molecule has 4 nitrogen and oxygen atoms in total. The van der Waals surface area contributed by atoms with E-state index in [1.807, 2.05) is 22.6 Å². The first-order valence-corrected chi connectivity index (χ1v) is 5.33. The summed E-state index contributed by atoms with van der Waals surface area (Å²) >= 11 is 2.02. The Balaban J connectivity index is 3.26. The minimum atomic E-state index is -0.476. The van der Waals surface area contributed by atoms with E-state index in [1.54, 1.807) is 12.1 Å². The van der Waals surface area contributed by atoms with E-state index in [0.29, 0.717) is 16.7 Å². The van der Waals surface area contributed by atoms with E-state index in [4.69, 9.17) is 10.2 Å². The van der Waals surface area contributed by atoms with Crippen molar-refractivity contribution in [1.29, 1.82) is 0 Å². The molecule has 0 unspecified atom stereocenters. The summed E-state index contributed by atoms with van der Waals surface area (Å²) in [7, 11) is 1.29. The van der Waals surface area contributed by atoms with Crippen LogP contribution in [0.2, 0.25) is 0 Å². The maximum atomic E-state index is 11.3. The highest BCUT2D eigenvalue weighted by molar-refractivity contribution is 14.1. The molecule has 0 saturated carbocycles. The average Bonchev–Trinajstić information content (AvgIpc) is 2.28. The van der Waals surface area contributed by atoms with E-state index in [2.05, 4.69) is 4.74 Å². The van der Waals surface area contributed by atoms with Crippen LogP contribution in [0.5, 0.6) is 0 Å². The van der Waals surface area contributed by atoms with Crippen LogP contribution in [0.15, 0.2) is 12.1 Å². The number of esters is 1. The van der Waals surface area contributed by atoms with Crippen molar-refractivity contribution in [3.8, 4) is 0 Å². The highest BCUT2D eigenvalue weighted by Crippen LogP contribution is 2.20. The highest BCUT2D eigenvalue weighted by Gasteiger charge is 2.12. The predicted molar refractivity (Wildman–Crippen MR) is 62.3 cm³/mol. The lowest BCUT2D eigenvalue weighted by molar-refractivity contribution is 0.0600. The fraction of sp³-hybridized carbons (Fsp3) is 0.300. The van der Waals surface area contributed by atoms with Gasteiger partial charge in [-0.05, 0) is 45.9 Å². The molecule has 0 fully saturated rings. The summed E-state index contributed by atoms with van der Waals surface area (Å²) in [4.78, 5) is 11.3. The van der Waals surface area contributed by atoms with Crippen LogP contribution in [-0.4, -0.2) is 23.3 Å². The summed E-state index contributed by atoms with van der Waals surface area (Å²) in [6, 6.07) is 3.12. The summed E-state index contributed by atoms with van der Waals surface area (Å²) < 4.78 is 5.34. The van der Waals surface area contributed by atoms with E-state index in [-0.39, 0.29) is 13.2 Å². The van der Waals surface area contributed by atoms with Gasteiger partial charge in [-0.3, -0.25) is 0 Å². The summed E-state index contributed by atoms with van der Waals surface area (Å²) in [5.41, 5.74) is 1.57. The molecule has 1 rings (SSSR count). The normalized spacial score (nSPS) is 10.1. The molecular formula is C10H11IO4. The highest BCUT2D eigenvalue weighted by atomic mass is 127. The van der Waals surface area contributed by atoms with E-state index in [0.717, 1.165) is 3.57 Å². The lowest BCUT2D eigenvalue weighted by Gasteiger charge is -2.09. The van der Waals surface area contributed by atoms with Gasteiger partial charge in [-0.25, -0.2) is 4.79 Å². The van der Waals surface area contributed by atoms with Gasteiger partial charge in [-0.2, -0.15) is 0 Å². The first kappa shape index (κ1) is 12.4. The minimum absolute atomic E-state index is 0.171. The molecule has 1 aromatic carbocycles. The number of aliphatic hydroxyl groups is 2. The topological polar surface area (TPSA) is 66.8 Å². The maximum absolute atomic E-state index is 11.3. The number of carbonyl (C=O) groups excluding carboxylic acids is 1. The lowest BCUT2D eigenvalue weighted by atomic mass is 10.1. The van der Waals surface area contributed by atoms with Gasteiger partial charge in [0, 0.05) is 3.57 Å². The quantitative estimate of drug-likeness (QED) is 0.645. The predicted octanol–water partition coefficient (Wildman–Crippen LogP) is 1.06. The Morgan fingerprint density at radius 1 is 1.33 bits per heavy atom. The number of hydrogen-bond acceptors (Lipinski definition) is 4. The Labute approximate surface area is 101 Å². The SMILES string of the molecule is COC(=O)c1cc(CO)c(I)c(CO)c1. The van der Waals surface area contributed by atoms with Crippen LogP contribution in [-0.2, 0) is 18.0 Å². The molecule has 0 spiro atoms. The maximum Gasteiger partial charge on any atom is 0.337 e. The van der Waals surface area contributed by atoms with Crippen molar-refractivity contribution in [3.05, 3.63) is 32.4 Å². The van der Waals surface area contributed by atoms with Gasteiger partial charge in [0.2, 0.25) is 0 Å². The zero-order valence-corrected chi connectivity index (χ0v) is 10.3. The van der Waals surface area contributed by atoms with Crippen molar-refractivity contribution in [2.75, 3.05) is 7.11 Å². The van der Waals surface area contributed by atoms with Gasteiger partial charge in [0.15, 0.2) is 0 Å². The van der Waals surface area contributed by atoms with E-state index in [9.17, 15) is 4.79 Å². The van der Waals surface area contributed by atoms with Crippen LogP contribution in [0.3, 0.4) is 0 Å². The summed E-state index contributed by atoms with van der Waals surface area (Å²) in [5, 5.41) is 18.2. The van der Waals surface area contributed by atoms with Gasteiger partial charge in [-0.15, -0.1) is 0 Å². The number of benzene rings is 1. The van der Waals surface area contributed by atoms with Gasteiger partial charge >= 0.3 is 5.97 Å². The fourth-order valence-corrected chi connectivity index (χ4v) is 1.87. The minimum Gasteiger partial charge on any atom is -0.465 e. The number of rotatable bonds is 3. The summed E-state index contributed by atoms with van der Waals surface area (Å²) in [5.74, 6) is -0.476. The first-order chi connectivity index (χ1) is 7.13. The second-order valence-corrected chi connectivity index (χ2v) is 4.00. The molecule has 82 valence electrons. The smallest absolute Gasteiger partial charge is 0.337 e. The number of halogens is 1. The molecule has 0 aliphatic carbocycles. The fourth-order valence-electron chi connectivity index (χ4n) is 1.22. The van der Waals surface area contributed by atoms with Crippen LogP contribution < -0.4 is 0 Å². The van der Waals surface area contributed by atoms with Crippen molar-refractivity contribution in [3.63, 3.8) is 0 Å². The van der Waals surface area contributed by atoms with Crippen LogP contribution in [0, 0.1) is 3.57 Å². The van der Waals surface area contributed by atoms with Gasteiger partial charge in [0.25, 0.3) is 0 Å². The third-order valence-electron chi connectivity index (χ3n) is 1.99. The number of carbonyl (C=O) groups is 1. The van der Waals surface area contributed by atoms with E-state index >= 15 is 0 Å². The van der Waals surface area contributed by atoms with Gasteiger partial charge in [0.1, 0.15) is 0 Å². The molecule has 0 heterocycles. The zero-order valence-electron chi connectivity index (χ0n) is 8.16.